The molecule has 90 valence electrons. The first-order valence-corrected chi connectivity index (χ1v) is 5.89. The van der Waals surface area contributed by atoms with E-state index >= 15 is 0 Å². The summed E-state index contributed by atoms with van der Waals surface area (Å²) in [6, 6.07) is 7.89. The SMILES string of the molecule is CCOC(=O)C1=NC(C)(C)Cc2ccccc21. The number of carbonyl (C=O) groups excluding carboxylic acids is 1. The summed E-state index contributed by atoms with van der Waals surface area (Å²) >= 11 is 0. The maximum atomic E-state index is 11.9. The van der Waals surface area contributed by atoms with Crippen LogP contribution in [0, 0.1) is 0 Å². The second kappa shape index (κ2) is 4.32. The molecule has 0 spiro atoms. The number of benzene rings is 1. The monoisotopic (exact) mass is 231 g/mol. The number of hydrogen-bond acceptors (Lipinski definition) is 3. The van der Waals surface area contributed by atoms with Crippen molar-refractivity contribution in [2.24, 2.45) is 4.99 Å². The third-order valence-electron chi connectivity index (χ3n) is 2.78. The van der Waals surface area contributed by atoms with Crippen molar-refractivity contribution in [3.63, 3.8) is 0 Å². The average Bonchev–Trinajstić information content (AvgIpc) is 2.27. The quantitative estimate of drug-likeness (QED) is 0.733. The molecule has 0 aliphatic carbocycles. The molecule has 3 heteroatoms. The molecule has 1 aromatic carbocycles. The van der Waals surface area contributed by atoms with E-state index in [4.69, 9.17) is 4.74 Å². The summed E-state index contributed by atoms with van der Waals surface area (Å²) in [6.45, 7) is 6.24. The van der Waals surface area contributed by atoms with Gasteiger partial charge < -0.3 is 4.74 Å². The van der Waals surface area contributed by atoms with Gasteiger partial charge in [0.2, 0.25) is 0 Å². The van der Waals surface area contributed by atoms with Crippen LogP contribution in [0.1, 0.15) is 31.9 Å². The van der Waals surface area contributed by atoms with Gasteiger partial charge in [0, 0.05) is 5.56 Å². The molecule has 0 aromatic heterocycles. The Bertz CT molecular complexity index is 475. The zero-order chi connectivity index (χ0) is 12.5. The summed E-state index contributed by atoms with van der Waals surface area (Å²) in [7, 11) is 0. The molecule has 0 N–H and O–H groups in total. The first-order valence-electron chi connectivity index (χ1n) is 5.89. The van der Waals surface area contributed by atoms with Crippen molar-refractivity contribution >= 4 is 11.7 Å². The van der Waals surface area contributed by atoms with Crippen LogP contribution < -0.4 is 0 Å². The third kappa shape index (κ3) is 2.38. The topological polar surface area (TPSA) is 38.7 Å². The number of rotatable bonds is 2. The first kappa shape index (κ1) is 11.8. The maximum absolute atomic E-state index is 11.9. The van der Waals surface area contributed by atoms with Crippen molar-refractivity contribution in [2.45, 2.75) is 32.7 Å². The van der Waals surface area contributed by atoms with Crippen molar-refractivity contribution in [3.8, 4) is 0 Å². The van der Waals surface area contributed by atoms with Crippen LogP contribution in [-0.4, -0.2) is 23.8 Å². The summed E-state index contributed by atoms with van der Waals surface area (Å²) in [5.41, 5.74) is 2.29. The minimum Gasteiger partial charge on any atom is -0.461 e. The highest BCUT2D eigenvalue weighted by molar-refractivity contribution is 6.44. The number of ether oxygens (including phenoxy) is 1. The van der Waals surface area contributed by atoms with E-state index in [1.54, 1.807) is 6.92 Å². The van der Waals surface area contributed by atoms with Gasteiger partial charge in [-0.15, -0.1) is 0 Å². The van der Waals surface area contributed by atoms with Gasteiger partial charge in [-0.3, -0.25) is 4.99 Å². The van der Waals surface area contributed by atoms with E-state index in [2.05, 4.69) is 4.99 Å². The fraction of sp³-hybridized carbons (Fsp3) is 0.429. The van der Waals surface area contributed by atoms with E-state index in [0.717, 1.165) is 17.5 Å². The minimum absolute atomic E-state index is 0.240. The lowest BCUT2D eigenvalue weighted by Gasteiger charge is -2.28. The van der Waals surface area contributed by atoms with Crippen LogP contribution in [0.3, 0.4) is 0 Å². The first-order chi connectivity index (χ1) is 8.03. The van der Waals surface area contributed by atoms with Crippen LogP contribution >= 0.6 is 0 Å². The zero-order valence-electron chi connectivity index (χ0n) is 10.5. The van der Waals surface area contributed by atoms with E-state index in [0.29, 0.717) is 12.3 Å². The molecule has 3 nitrogen and oxygen atoms in total. The molecule has 0 unspecified atom stereocenters. The Labute approximate surface area is 102 Å². The Morgan fingerprint density at radius 1 is 1.41 bits per heavy atom. The average molecular weight is 231 g/mol. The van der Waals surface area contributed by atoms with Crippen molar-refractivity contribution < 1.29 is 9.53 Å². The van der Waals surface area contributed by atoms with E-state index in [1.807, 2.05) is 38.1 Å². The summed E-state index contributed by atoms with van der Waals surface area (Å²) in [5, 5.41) is 0. The van der Waals surface area contributed by atoms with Crippen LogP contribution in [0.25, 0.3) is 0 Å². The van der Waals surface area contributed by atoms with E-state index < -0.39 is 0 Å². The van der Waals surface area contributed by atoms with Gasteiger partial charge in [0.05, 0.1) is 12.1 Å². The maximum Gasteiger partial charge on any atom is 0.357 e. The number of esters is 1. The highest BCUT2D eigenvalue weighted by Gasteiger charge is 2.30. The highest BCUT2D eigenvalue weighted by atomic mass is 16.5. The number of fused-ring (bicyclic) bond motifs is 1. The number of hydrogen-bond donors (Lipinski definition) is 0. The molecule has 0 amide bonds. The summed E-state index contributed by atoms with van der Waals surface area (Å²) in [4.78, 5) is 16.4. The molecule has 0 radical (unpaired) electrons. The lowest BCUT2D eigenvalue weighted by atomic mass is 9.87. The van der Waals surface area contributed by atoms with Gasteiger partial charge in [-0.25, -0.2) is 4.79 Å². The van der Waals surface area contributed by atoms with Crippen LogP contribution in [0.15, 0.2) is 29.3 Å². The van der Waals surface area contributed by atoms with Crippen molar-refractivity contribution in [2.75, 3.05) is 6.61 Å². The standard InChI is InChI=1S/C14H17NO2/c1-4-17-13(16)12-11-8-6-5-7-10(11)9-14(2,3)15-12/h5-8H,4,9H2,1-3H3. The molecule has 0 atom stereocenters. The van der Waals surface area contributed by atoms with Gasteiger partial charge in [-0.1, -0.05) is 24.3 Å². The predicted octanol–water partition coefficient (Wildman–Crippen LogP) is 2.37. The molecule has 1 aliphatic rings. The van der Waals surface area contributed by atoms with Crippen LogP contribution in [0.5, 0.6) is 0 Å². The van der Waals surface area contributed by atoms with Gasteiger partial charge in [0.15, 0.2) is 5.71 Å². The number of aliphatic imine (C=N–C) groups is 1. The van der Waals surface area contributed by atoms with Gasteiger partial charge >= 0.3 is 5.97 Å². The summed E-state index contributed by atoms with van der Waals surface area (Å²) in [6.07, 6.45) is 0.853. The lowest BCUT2D eigenvalue weighted by Crippen LogP contribution is -2.33. The minimum atomic E-state index is -0.326. The van der Waals surface area contributed by atoms with Crippen LogP contribution in [-0.2, 0) is 16.0 Å². The molecular weight excluding hydrogens is 214 g/mol. The van der Waals surface area contributed by atoms with Crippen LogP contribution in [0.4, 0.5) is 0 Å². The molecule has 1 aromatic rings. The van der Waals surface area contributed by atoms with Crippen LogP contribution in [0.2, 0.25) is 0 Å². The van der Waals surface area contributed by atoms with Gasteiger partial charge in [0.25, 0.3) is 0 Å². The van der Waals surface area contributed by atoms with E-state index in [9.17, 15) is 4.79 Å². The smallest absolute Gasteiger partial charge is 0.357 e. The Hall–Kier alpha value is -1.64. The normalized spacial score (nSPS) is 17.0. The third-order valence-corrected chi connectivity index (χ3v) is 2.78. The molecular formula is C14H17NO2. The van der Waals surface area contributed by atoms with E-state index in [1.165, 1.54) is 0 Å². The summed E-state index contributed by atoms with van der Waals surface area (Å²) in [5.74, 6) is -0.326. The molecule has 1 heterocycles. The number of carbonyl (C=O) groups is 1. The molecule has 1 aliphatic heterocycles. The zero-order valence-corrected chi connectivity index (χ0v) is 10.5. The van der Waals surface area contributed by atoms with Crippen molar-refractivity contribution in [1.29, 1.82) is 0 Å². The fourth-order valence-electron chi connectivity index (χ4n) is 2.13. The Morgan fingerprint density at radius 3 is 2.82 bits per heavy atom. The summed E-state index contributed by atoms with van der Waals surface area (Å²) < 4.78 is 5.06. The molecule has 2 rings (SSSR count). The molecule has 0 fully saturated rings. The second-order valence-corrected chi connectivity index (χ2v) is 4.83. The number of nitrogens with zero attached hydrogens (tertiary/aromatic N) is 1. The van der Waals surface area contributed by atoms with Gasteiger partial charge in [-0.05, 0) is 32.8 Å². The molecule has 17 heavy (non-hydrogen) atoms. The molecule has 0 saturated heterocycles. The molecule has 0 saturated carbocycles. The lowest BCUT2D eigenvalue weighted by molar-refractivity contribution is -0.135. The van der Waals surface area contributed by atoms with Crippen molar-refractivity contribution in [1.82, 2.24) is 0 Å². The Kier molecular flexibility index (Phi) is 3.01. The predicted molar refractivity (Wildman–Crippen MR) is 67.4 cm³/mol. The fourth-order valence-corrected chi connectivity index (χ4v) is 2.13. The Morgan fingerprint density at radius 2 is 2.12 bits per heavy atom. The largest absolute Gasteiger partial charge is 0.461 e. The van der Waals surface area contributed by atoms with Crippen molar-refractivity contribution in [3.05, 3.63) is 35.4 Å². The van der Waals surface area contributed by atoms with Gasteiger partial charge in [-0.2, -0.15) is 0 Å². The van der Waals surface area contributed by atoms with E-state index in [-0.39, 0.29) is 11.5 Å². The molecule has 0 bridgehead atoms. The second-order valence-electron chi connectivity index (χ2n) is 4.83. The van der Waals surface area contributed by atoms with Gasteiger partial charge in [0.1, 0.15) is 0 Å². The highest BCUT2D eigenvalue weighted by Crippen LogP contribution is 2.27. The Balaban J connectivity index is 2.47.